The van der Waals surface area contributed by atoms with Crippen molar-refractivity contribution < 1.29 is 14.3 Å². The largest absolute Gasteiger partial charge is 0.445 e. The van der Waals surface area contributed by atoms with Crippen molar-refractivity contribution in [1.29, 1.82) is 0 Å². The van der Waals surface area contributed by atoms with E-state index in [9.17, 15) is 9.59 Å². The van der Waals surface area contributed by atoms with Gasteiger partial charge in [-0.15, -0.1) is 0 Å². The van der Waals surface area contributed by atoms with E-state index < -0.39 is 6.09 Å². The smallest absolute Gasteiger partial charge is 0.407 e. The maximum absolute atomic E-state index is 11.7. The fourth-order valence-electron chi connectivity index (χ4n) is 1.95. The number of benzene rings is 1. The molecule has 0 aliphatic carbocycles. The molecular weight excluding hydrogens is 308 g/mol. The molecule has 0 heterocycles. The molecule has 0 radical (unpaired) electrons. The first-order chi connectivity index (χ1) is 11.4. The number of nitrogens with zero attached hydrogens (tertiary/aromatic N) is 2. The minimum absolute atomic E-state index is 0.109. The Kier molecular flexibility index (Phi) is 8.46. The lowest BCUT2D eigenvalue weighted by Crippen LogP contribution is -2.41. The zero-order valence-electron chi connectivity index (χ0n) is 15.0. The third-order valence-corrected chi connectivity index (χ3v) is 3.33. The normalized spacial score (nSPS) is 10.0. The highest BCUT2D eigenvalue weighted by Gasteiger charge is 2.10. The molecule has 7 nitrogen and oxygen atoms in total. The number of likely N-dealkylation sites (N-methyl/N-ethyl adjacent to an activating group) is 1. The molecule has 0 atom stereocenters. The van der Waals surface area contributed by atoms with Gasteiger partial charge in [0.1, 0.15) is 6.61 Å². The van der Waals surface area contributed by atoms with Crippen molar-refractivity contribution >= 4 is 17.8 Å². The van der Waals surface area contributed by atoms with Gasteiger partial charge >= 0.3 is 12.1 Å². The maximum atomic E-state index is 11.7. The lowest BCUT2D eigenvalue weighted by molar-refractivity contribution is 0.138. The van der Waals surface area contributed by atoms with Crippen molar-refractivity contribution in [2.24, 2.45) is 0 Å². The minimum atomic E-state index is -0.492. The third-order valence-electron chi connectivity index (χ3n) is 3.33. The molecule has 3 amide bonds. The summed E-state index contributed by atoms with van der Waals surface area (Å²) in [7, 11) is 5.05. The summed E-state index contributed by atoms with van der Waals surface area (Å²) in [6.07, 6.45) is 0.578. The Morgan fingerprint density at radius 2 is 1.75 bits per heavy atom. The summed E-state index contributed by atoms with van der Waals surface area (Å²) in [5, 5.41) is 5.92. The molecule has 0 aliphatic rings. The average molecular weight is 336 g/mol. The molecule has 0 saturated carbocycles. The molecule has 134 valence electrons. The second-order valence-corrected chi connectivity index (χ2v) is 5.73. The van der Waals surface area contributed by atoms with Gasteiger partial charge in [-0.05, 0) is 24.1 Å². The van der Waals surface area contributed by atoms with Crippen molar-refractivity contribution in [3.8, 4) is 0 Å². The van der Waals surface area contributed by atoms with Crippen LogP contribution in [0.1, 0.15) is 18.9 Å². The van der Waals surface area contributed by atoms with Crippen LogP contribution in [-0.2, 0) is 11.3 Å². The van der Waals surface area contributed by atoms with Gasteiger partial charge in [-0.2, -0.15) is 0 Å². The van der Waals surface area contributed by atoms with Crippen LogP contribution in [0.2, 0.25) is 0 Å². The predicted octanol–water partition coefficient (Wildman–Crippen LogP) is 2.35. The van der Waals surface area contributed by atoms with Crippen LogP contribution in [-0.4, -0.2) is 62.7 Å². The number of anilines is 1. The molecule has 0 spiro atoms. The Labute approximate surface area is 144 Å². The van der Waals surface area contributed by atoms with Crippen molar-refractivity contribution in [2.45, 2.75) is 20.0 Å². The van der Waals surface area contributed by atoms with Crippen molar-refractivity contribution in [1.82, 2.24) is 15.1 Å². The average Bonchev–Trinajstić information content (AvgIpc) is 2.58. The quantitative estimate of drug-likeness (QED) is 0.764. The van der Waals surface area contributed by atoms with Crippen molar-refractivity contribution in [3.05, 3.63) is 29.8 Å². The van der Waals surface area contributed by atoms with E-state index in [4.69, 9.17) is 4.74 Å². The number of carbonyl (C=O) groups is 2. The number of carbonyl (C=O) groups excluding carboxylic acids is 2. The van der Waals surface area contributed by atoms with Crippen LogP contribution in [0.15, 0.2) is 24.3 Å². The van der Waals surface area contributed by atoms with Crippen LogP contribution in [0.4, 0.5) is 15.3 Å². The van der Waals surface area contributed by atoms with Crippen molar-refractivity contribution in [3.63, 3.8) is 0 Å². The van der Waals surface area contributed by atoms with E-state index in [1.807, 2.05) is 24.3 Å². The number of hydrogen-bond donors (Lipinski definition) is 2. The standard InChI is InChI=1S/C17H28N4O3/c1-5-10-18-15-8-6-14(7-9-15)13-24-16(22)19-11-12-21(4)17(23)20(2)3/h6-9,18H,5,10-13H2,1-4H3,(H,19,22). The topological polar surface area (TPSA) is 73.9 Å². The van der Waals surface area contributed by atoms with Crippen molar-refractivity contribution in [2.75, 3.05) is 46.1 Å². The zero-order valence-corrected chi connectivity index (χ0v) is 15.0. The molecule has 1 aromatic rings. The first-order valence-electron chi connectivity index (χ1n) is 8.10. The summed E-state index contributed by atoms with van der Waals surface area (Å²) >= 11 is 0. The number of ether oxygens (including phenoxy) is 1. The van der Waals surface area contributed by atoms with Crippen LogP contribution in [0, 0.1) is 0 Å². The summed E-state index contributed by atoms with van der Waals surface area (Å²) in [5.41, 5.74) is 1.98. The number of hydrogen-bond acceptors (Lipinski definition) is 4. The lowest BCUT2D eigenvalue weighted by Gasteiger charge is -2.21. The van der Waals surface area contributed by atoms with E-state index >= 15 is 0 Å². The Balaban J connectivity index is 2.25. The summed E-state index contributed by atoms with van der Waals surface area (Å²) in [6, 6.07) is 7.67. The first kappa shape index (κ1) is 19.6. The Bertz CT molecular complexity index is 517. The fraction of sp³-hybridized carbons (Fsp3) is 0.529. The summed E-state index contributed by atoms with van der Waals surface area (Å²) < 4.78 is 5.15. The van der Waals surface area contributed by atoms with E-state index in [1.54, 1.807) is 21.1 Å². The first-order valence-corrected chi connectivity index (χ1v) is 8.10. The van der Waals surface area contributed by atoms with Gasteiger partial charge in [-0.3, -0.25) is 0 Å². The maximum Gasteiger partial charge on any atom is 0.407 e. The molecule has 1 aromatic carbocycles. The molecule has 0 saturated heterocycles. The van der Waals surface area contributed by atoms with Gasteiger partial charge in [-0.25, -0.2) is 9.59 Å². The van der Waals surface area contributed by atoms with Crippen LogP contribution < -0.4 is 10.6 Å². The van der Waals surface area contributed by atoms with Gasteiger partial charge < -0.3 is 25.2 Å². The molecule has 7 heteroatoms. The van der Waals surface area contributed by atoms with E-state index in [0.717, 1.165) is 24.2 Å². The zero-order chi connectivity index (χ0) is 17.9. The summed E-state index contributed by atoms with van der Waals surface area (Å²) in [4.78, 5) is 26.3. The van der Waals surface area contributed by atoms with E-state index in [0.29, 0.717) is 13.1 Å². The molecule has 2 N–H and O–H groups in total. The lowest BCUT2D eigenvalue weighted by atomic mass is 10.2. The number of alkyl carbamates (subject to hydrolysis) is 1. The van der Waals surface area contributed by atoms with Crippen LogP contribution >= 0.6 is 0 Å². The van der Waals surface area contributed by atoms with Gasteiger partial charge in [0.2, 0.25) is 0 Å². The molecule has 0 unspecified atom stereocenters. The number of nitrogens with one attached hydrogen (secondary N) is 2. The van der Waals surface area contributed by atoms with Gasteiger partial charge in [0.15, 0.2) is 0 Å². The molecular formula is C17H28N4O3. The summed E-state index contributed by atoms with van der Waals surface area (Å²) in [5.74, 6) is 0. The second-order valence-electron chi connectivity index (χ2n) is 5.73. The highest BCUT2D eigenvalue weighted by molar-refractivity contribution is 5.73. The van der Waals surface area contributed by atoms with Gasteiger partial charge in [0.05, 0.1) is 0 Å². The number of amides is 3. The van der Waals surface area contributed by atoms with Gasteiger partial charge in [0.25, 0.3) is 0 Å². The fourth-order valence-corrected chi connectivity index (χ4v) is 1.95. The number of urea groups is 1. The van der Waals surface area contributed by atoms with Crippen LogP contribution in [0.25, 0.3) is 0 Å². The molecule has 0 bridgehead atoms. The highest BCUT2D eigenvalue weighted by Crippen LogP contribution is 2.10. The minimum Gasteiger partial charge on any atom is -0.445 e. The Morgan fingerprint density at radius 3 is 2.33 bits per heavy atom. The molecule has 0 aliphatic heterocycles. The summed E-state index contributed by atoms with van der Waals surface area (Å²) in [6.45, 7) is 4.02. The van der Waals surface area contributed by atoms with Gasteiger partial charge in [-0.1, -0.05) is 19.1 Å². The van der Waals surface area contributed by atoms with E-state index in [-0.39, 0.29) is 12.6 Å². The Morgan fingerprint density at radius 1 is 1.08 bits per heavy atom. The molecule has 24 heavy (non-hydrogen) atoms. The SMILES string of the molecule is CCCNc1ccc(COC(=O)NCCN(C)C(=O)N(C)C)cc1. The number of rotatable bonds is 8. The molecule has 0 fully saturated rings. The van der Waals surface area contributed by atoms with E-state index in [1.165, 1.54) is 9.80 Å². The van der Waals surface area contributed by atoms with Crippen LogP contribution in [0.3, 0.4) is 0 Å². The monoisotopic (exact) mass is 336 g/mol. The van der Waals surface area contributed by atoms with Gasteiger partial charge in [0, 0.05) is 46.5 Å². The van der Waals surface area contributed by atoms with Crippen LogP contribution in [0.5, 0.6) is 0 Å². The Hall–Kier alpha value is -2.44. The second kappa shape index (κ2) is 10.4. The molecule has 0 aromatic heterocycles. The third kappa shape index (κ3) is 7.21. The van der Waals surface area contributed by atoms with E-state index in [2.05, 4.69) is 17.6 Å². The predicted molar refractivity (Wildman–Crippen MR) is 95.1 cm³/mol. The highest BCUT2D eigenvalue weighted by atomic mass is 16.5. The molecule has 1 rings (SSSR count).